The summed E-state index contributed by atoms with van der Waals surface area (Å²) < 4.78 is 40.0. The van der Waals surface area contributed by atoms with E-state index in [1.54, 1.807) is 0 Å². The lowest BCUT2D eigenvalue weighted by atomic mass is 10.1. The van der Waals surface area contributed by atoms with Gasteiger partial charge < -0.3 is 0 Å². The molecule has 0 N–H and O–H groups in total. The Hall–Kier alpha value is -1.43. The third-order valence-electron chi connectivity index (χ3n) is 3.47. The minimum Gasteiger partial charge on any atom is -0.207 e. The zero-order valence-corrected chi connectivity index (χ0v) is 14.2. The van der Waals surface area contributed by atoms with Crippen molar-refractivity contribution in [3.05, 3.63) is 63.9 Å². The molecule has 0 aliphatic carbocycles. The predicted octanol–water partition coefficient (Wildman–Crippen LogP) is 3.92. The van der Waals surface area contributed by atoms with Crippen LogP contribution in [0.1, 0.15) is 16.7 Å². The maximum Gasteiger partial charge on any atom is 0.246 e. The topological polar surface area (TPSA) is 37.4 Å². The zero-order valence-electron chi connectivity index (χ0n) is 12.6. The molecule has 0 aliphatic heterocycles. The molecule has 6 heteroatoms. The quantitative estimate of drug-likeness (QED) is 0.845. The van der Waals surface area contributed by atoms with Crippen molar-refractivity contribution in [3.63, 3.8) is 0 Å². The maximum absolute atomic E-state index is 13.9. The van der Waals surface area contributed by atoms with Crippen LogP contribution < -0.4 is 0 Å². The Morgan fingerprint density at radius 2 is 1.82 bits per heavy atom. The highest BCUT2D eigenvalue weighted by atomic mass is 35.5. The van der Waals surface area contributed by atoms with E-state index in [0.717, 1.165) is 27.1 Å². The summed E-state index contributed by atoms with van der Waals surface area (Å²) in [6, 6.07) is 9.34. The molecule has 0 amide bonds. The van der Waals surface area contributed by atoms with E-state index in [1.165, 1.54) is 19.2 Å². The van der Waals surface area contributed by atoms with E-state index >= 15 is 0 Å². The molecule has 0 saturated carbocycles. The normalized spacial score (nSPS) is 11.9. The summed E-state index contributed by atoms with van der Waals surface area (Å²) in [5.41, 5.74) is 2.99. The molecule has 2 rings (SSSR count). The lowest BCUT2D eigenvalue weighted by Crippen LogP contribution is -2.27. The lowest BCUT2D eigenvalue weighted by molar-refractivity contribution is 0.459. The van der Waals surface area contributed by atoms with Crippen LogP contribution in [0.15, 0.2) is 41.3 Å². The third-order valence-corrected chi connectivity index (χ3v) is 5.54. The number of benzene rings is 2. The van der Waals surface area contributed by atoms with Gasteiger partial charge in [-0.3, -0.25) is 0 Å². The summed E-state index contributed by atoms with van der Waals surface area (Å²) in [6.45, 7) is 4.07. The van der Waals surface area contributed by atoms with Crippen molar-refractivity contribution in [1.82, 2.24) is 4.31 Å². The molecule has 2 aromatic carbocycles. The van der Waals surface area contributed by atoms with Gasteiger partial charge in [0.1, 0.15) is 10.7 Å². The highest BCUT2D eigenvalue weighted by Crippen LogP contribution is 2.23. The summed E-state index contributed by atoms with van der Waals surface area (Å²) in [5, 5.41) is 0.161. The number of hydrogen-bond acceptors (Lipinski definition) is 2. The second kappa shape index (κ2) is 6.36. The highest BCUT2D eigenvalue weighted by molar-refractivity contribution is 7.89. The number of nitrogens with zero attached hydrogens (tertiary/aromatic N) is 1. The summed E-state index contributed by atoms with van der Waals surface area (Å²) in [5.74, 6) is -0.847. The van der Waals surface area contributed by atoms with Crippen LogP contribution in [0, 0.1) is 19.7 Å². The van der Waals surface area contributed by atoms with Gasteiger partial charge in [0.05, 0.1) is 0 Å². The highest BCUT2D eigenvalue weighted by Gasteiger charge is 2.25. The van der Waals surface area contributed by atoms with Gasteiger partial charge in [-0.05, 0) is 43.2 Å². The van der Waals surface area contributed by atoms with Crippen LogP contribution in [0.25, 0.3) is 0 Å². The van der Waals surface area contributed by atoms with Crippen LogP contribution in [0.3, 0.4) is 0 Å². The molecule has 2 aromatic rings. The van der Waals surface area contributed by atoms with E-state index < -0.39 is 15.8 Å². The van der Waals surface area contributed by atoms with Gasteiger partial charge in [-0.1, -0.05) is 35.4 Å². The Bertz CT molecular complexity index is 806. The monoisotopic (exact) mass is 341 g/mol. The van der Waals surface area contributed by atoms with Gasteiger partial charge in [0.2, 0.25) is 10.0 Å². The van der Waals surface area contributed by atoms with E-state index in [9.17, 15) is 12.8 Å². The molecule has 0 heterocycles. The average Bonchev–Trinajstić information content (AvgIpc) is 2.41. The summed E-state index contributed by atoms with van der Waals surface area (Å²) in [7, 11) is -2.48. The second-order valence-electron chi connectivity index (χ2n) is 5.27. The smallest absolute Gasteiger partial charge is 0.207 e. The van der Waals surface area contributed by atoms with Gasteiger partial charge in [-0.15, -0.1) is 0 Å². The van der Waals surface area contributed by atoms with E-state index in [1.807, 2.05) is 32.0 Å². The van der Waals surface area contributed by atoms with Gasteiger partial charge in [-0.2, -0.15) is 4.31 Å². The molecule has 22 heavy (non-hydrogen) atoms. The molecular weight excluding hydrogens is 325 g/mol. The zero-order chi connectivity index (χ0) is 16.5. The number of sulfonamides is 1. The molecule has 0 saturated heterocycles. The molecule has 0 fully saturated rings. The van der Waals surface area contributed by atoms with Crippen LogP contribution in [0.4, 0.5) is 4.39 Å². The van der Waals surface area contributed by atoms with Crippen molar-refractivity contribution in [2.24, 2.45) is 0 Å². The minimum atomic E-state index is -3.91. The summed E-state index contributed by atoms with van der Waals surface area (Å²) in [4.78, 5) is -0.371. The minimum absolute atomic E-state index is 0.161. The van der Waals surface area contributed by atoms with Gasteiger partial charge in [0.25, 0.3) is 0 Å². The van der Waals surface area contributed by atoms with E-state index in [-0.39, 0.29) is 16.5 Å². The molecule has 0 aliphatic rings. The first kappa shape index (κ1) is 16.9. The number of halogens is 2. The SMILES string of the molecule is Cc1ccc(CN(C)S(=O)(=O)c2ccc(Cl)cc2F)c(C)c1. The Kier molecular flexibility index (Phi) is 4.90. The van der Waals surface area contributed by atoms with E-state index in [2.05, 4.69) is 0 Å². The lowest BCUT2D eigenvalue weighted by Gasteiger charge is -2.19. The Morgan fingerprint density at radius 3 is 2.41 bits per heavy atom. The molecule has 0 unspecified atom stereocenters. The first-order valence-electron chi connectivity index (χ1n) is 6.69. The molecule has 0 radical (unpaired) electrons. The van der Waals surface area contributed by atoms with Crippen molar-refractivity contribution in [3.8, 4) is 0 Å². The fourth-order valence-electron chi connectivity index (χ4n) is 2.20. The van der Waals surface area contributed by atoms with Gasteiger partial charge >= 0.3 is 0 Å². The molecule has 0 spiro atoms. The molecule has 3 nitrogen and oxygen atoms in total. The fourth-order valence-corrected chi connectivity index (χ4v) is 3.55. The maximum atomic E-state index is 13.9. The molecule has 0 atom stereocenters. The van der Waals surface area contributed by atoms with Crippen LogP contribution in [0.2, 0.25) is 5.02 Å². The van der Waals surface area contributed by atoms with E-state index in [4.69, 9.17) is 11.6 Å². The van der Waals surface area contributed by atoms with E-state index in [0.29, 0.717) is 0 Å². The van der Waals surface area contributed by atoms with Crippen molar-refractivity contribution >= 4 is 21.6 Å². The van der Waals surface area contributed by atoms with Crippen LogP contribution in [-0.2, 0) is 16.6 Å². The predicted molar refractivity (Wildman–Crippen MR) is 86.0 cm³/mol. The average molecular weight is 342 g/mol. The third kappa shape index (κ3) is 3.48. The number of aryl methyl sites for hydroxylation is 2. The molecule has 0 bridgehead atoms. The summed E-state index contributed by atoms with van der Waals surface area (Å²) >= 11 is 5.66. The van der Waals surface area contributed by atoms with Crippen molar-refractivity contribution in [2.45, 2.75) is 25.3 Å². The first-order valence-corrected chi connectivity index (χ1v) is 8.51. The van der Waals surface area contributed by atoms with Crippen molar-refractivity contribution < 1.29 is 12.8 Å². The summed E-state index contributed by atoms with van der Waals surface area (Å²) in [6.07, 6.45) is 0. The van der Waals surface area contributed by atoms with Crippen LogP contribution in [0.5, 0.6) is 0 Å². The number of hydrogen-bond donors (Lipinski definition) is 0. The van der Waals surface area contributed by atoms with Gasteiger partial charge in [0, 0.05) is 18.6 Å². The first-order chi connectivity index (χ1) is 10.2. The Morgan fingerprint density at radius 1 is 1.14 bits per heavy atom. The van der Waals surface area contributed by atoms with Gasteiger partial charge in [-0.25, -0.2) is 12.8 Å². The molecular formula is C16H17ClFNO2S. The molecule has 0 aromatic heterocycles. The fraction of sp³-hybridized carbons (Fsp3) is 0.250. The second-order valence-corrected chi connectivity index (χ2v) is 7.72. The van der Waals surface area contributed by atoms with Crippen LogP contribution in [-0.4, -0.2) is 19.8 Å². The van der Waals surface area contributed by atoms with Crippen LogP contribution >= 0.6 is 11.6 Å². The van der Waals surface area contributed by atoms with Crippen molar-refractivity contribution in [2.75, 3.05) is 7.05 Å². The number of rotatable bonds is 4. The Labute approximate surface area is 135 Å². The molecule has 118 valence electrons. The van der Waals surface area contributed by atoms with Crippen molar-refractivity contribution in [1.29, 1.82) is 0 Å². The Balaban J connectivity index is 2.33. The largest absolute Gasteiger partial charge is 0.246 e. The standard InChI is InChI=1S/C16H17ClFNO2S/c1-11-4-5-13(12(2)8-11)10-19(3)22(20,21)16-7-6-14(17)9-15(16)18/h4-9H,10H2,1-3H3. The van der Waals surface area contributed by atoms with Gasteiger partial charge in [0.15, 0.2) is 0 Å².